The first-order chi connectivity index (χ1) is 13.2. The van der Waals surface area contributed by atoms with Crippen LogP contribution in [-0.4, -0.2) is 37.9 Å². The smallest absolute Gasteiger partial charge is 0.144 e. The van der Waals surface area contributed by atoms with E-state index in [9.17, 15) is 5.11 Å². The molecule has 0 atom stereocenters. The number of phenolic OH excluding ortho intramolecular Hbond substituents is 1. The molecule has 0 aliphatic carbocycles. The third-order valence-corrected chi connectivity index (χ3v) is 5.35. The Hall–Kier alpha value is -2.99. The average Bonchev–Trinajstić information content (AvgIpc) is 3.09. The maximum atomic E-state index is 10.3. The number of phenols is 1. The van der Waals surface area contributed by atoms with Gasteiger partial charge in [-0.25, -0.2) is 0 Å². The minimum atomic E-state index is 0.171. The van der Waals surface area contributed by atoms with Crippen molar-refractivity contribution < 1.29 is 5.11 Å². The predicted molar refractivity (Wildman–Crippen MR) is 106 cm³/mol. The molecule has 4 aromatic rings. The fourth-order valence-electron chi connectivity index (χ4n) is 3.93. The zero-order valence-corrected chi connectivity index (χ0v) is 15.2. The van der Waals surface area contributed by atoms with E-state index in [2.05, 4.69) is 27.5 Å². The number of hydrogen-bond donors (Lipinski definition) is 2. The van der Waals surface area contributed by atoms with E-state index in [1.165, 1.54) is 0 Å². The molecule has 6 nitrogen and oxygen atoms in total. The maximum absolute atomic E-state index is 10.3. The Morgan fingerprint density at radius 3 is 2.81 bits per heavy atom. The molecule has 27 heavy (non-hydrogen) atoms. The number of piperidine rings is 1. The molecular weight excluding hydrogens is 338 g/mol. The number of aromatic nitrogens is 4. The van der Waals surface area contributed by atoms with Crippen LogP contribution in [0.4, 0.5) is 0 Å². The van der Waals surface area contributed by atoms with Crippen LogP contribution in [0.3, 0.4) is 0 Å². The molecule has 0 saturated carbocycles. The van der Waals surface area contributed by atoms with Gasteiger partial charge in [0.05, 0.1) is 17.4 Å². The molecule has 0 spiro atoms. The van der Waals surface area contributed by atoms with E-state index in [1.54, 1.807) is 10.7 Å². The molecule has 1 saturated heterocycles. The highest BCUT2D eigenvalue weighted by molar-refractivity contribution is 5.90. The van der Waals surface area contributed by atoms with Crippen molar-refractivity contribution >= 4 is 21.8 Å². The van der Waals surface area contributed by atoms with Gasteiger partial charge < -0.3 is 10.4 Å². The van der Waals surface area contributed by atoms with Crippen LogP contribution >= 0.6 is 0 Å². The summed E-state index contributed by atoms with van der Waals surface area (Å²) < 4.78 is 1.70. The van der Waals surface area contributed by atoms with Gasteiger partial charge in [-0.1, -0.05) is 6.07 Å². The normalized spacial score (nSPS) is 15.6. The number of hydrogen-bond acceptors (Lipinski definition) is 5. The summed E-state index contributed by atoms with van der Waals surface area (Å²) in [7, 11) is 1.85. The maximum Gasteiger partial charge on any atom is 0.144 e. The van der Waals surface area contributed by atoms with Gasteiger partial charge in [-0.3, -0.25) is 14.6 Å². The third kappa shape index (κ3) is 2.92. The van der Waals surface area contributed by atoms with E-state index in [1.807, 2.05) is 31.6 Å². The Kier molecular flexibility index (Phi) is 3.79. The molecule has 0 radical (unpaired) electrons. The zero-order chi connectivity index (χ0) is 18.4. The second-order valence-corrected chi connectivity index (χ2v) is 7.26. The van der Waals surface area contributed by atoms with Crippen LogP contribution < -0.4 is 5.32 Å². The van der Waals surface area contributed by atoms with Gasteiger partial charge in [-0.05, 0) is 50.2 Å². The lowest BCUT2D eigenvalue weighted by molar-refractivity contribution is 0.454. The van der Waals surface area contributed by atoms with Crippen LogP contribution in [0.5, 0.6) is 5.75 Å². The first kappa shape index (κ1) is 16.2. The molecule has 0 bridgehead atoms. The highest BCUT2D eigenvalue weighted by Gasteiger charge is 2.17. The third-order valence-electron chi connectivity index (χ3n) is 5.35. The van der Waals surface area contributed by atoms with Gasteiger partial charge in [-0.2, -0.15) is 5.10 Å². The number of aromatic hydroxyl groups is 1. The van der Waals surface area contributed by atoms with E-state index in [4.69, 9.17) is 4.98 Å². The van der Waals surface area contributed by atoms with Gasteiger partial charge in [0.25, 0.3) is 0 Å². The molecule has 4 heterocycles. The van der Waals surface area contributed by atoms with Gasteiger partial charge in [0.1, 0.15) is 11.3 Å². The number of rotatable bonds is 2. The van der Waals surface area contributed by atoms with E-state index in [0.717, 1.165) is 59.2 Å². The summed E-state index contributed by atoms with van der Waals surface area (Å²) in [6.45, 7) is 2.11. The van der Waals surface area contributed by atoms with E-state index < -0.39 is 0 Å². The lowest BCUT2D eigenvalue weighted by atomic mass is 9.94. The molecule has 1 fully saturated rings. The number of benzene rings is 1. The fourth-order valence-corrected chi connectivity index (χ4v) is 3.93. The molecule has 5 rings (SSSR count). The van der Waals surface area contributed by atoms with Crippen LogP contribution in [0.15, 0.2) is 42.7 Å². The quantitative estimate of drug-likeness (QED) is 0.574. The minimum Gasteiger partial charge on any atom is -0.506 e. The van der Waals surface area contributed by atoms with Gasteiger partial charge in [0.15, 0.2) is 0 Å². The second kappa shape index (κ2) is 6.32. The Balaban J connectivity index is 1.54. The van der Waals surface area contributed by atoms with Gasteiger partial charge in [0, 0.05) is 41.2 Å². The minimum absolute atomic E-state index is 0.171. The average molecular weight is 359 g/mol. The molecule has 1 aliphatic rings. The van der Waals surface area contributed by atoms with Gasteiger partial charge in [-0.15, -0.1) is 0 Å². The summed E-state index contributed by atoms with van der Waals surface area (Å²) in [5.74, 6) is 0.699. The standard InChI is InChI=1S/C21H21N5O/c1-26-12-16-8-15(10-20(27)21(16)25-26)18-9-14-2-3-17(24-19(14)11-23-18)13-4-6-22-7-5-13/h2-3,8-13,22,27H,4-7H2,1H3. The Morgan fingerprint density at radius 2 is 1.96 bits per heavy atom. The monoisotopic (exact) mass is 359 g/mol. The molecule has 3 aromatic heterocycles. The van der Waals surface area contributed by atoms with Crippen LogP contribution in [0, 0.1) is 0 Å². The molecule has 0 unspecified atom stereocenters. The SMILES string of the molecule is Cn1cc2cc(-c3cc4ccc(C5CCNCC5)nc4cn3)cc(O)c2n1. The highest BCUT2D eigenvalue weighted by atomic mass is 16.3. The largest absolute Gasteiger partial charge is 0.506 e. The lowest BCUT2D eigenvalue weighted by Gasteiger charge is -2.22. The molecule has 1 aromatic carbocycles. The van der Waals surface area contributed by atoms with E-state index in [0.29, 0.717) is 11.4 Å². The number of fused-ring (bicyclic) bond motifs is 2. The van der Waals surface area contributed by atoms with Crippen molar-refractivity contribution in [3.8, 4) is 17.0 Å². The molecule has 0 amide bonds. The van der Waals surface area contributed by atoms with E-state index >= 15 is 0 Å². The summed E-state index contributed by atoms with van der Waals surface area (Å²) in [4.78, 5) is 9.46. The van der Waals surface area contributed by atoms with Crippen molar-refractivity contribution in [1.29, 1.82) is 0 Å². The second-order valence-electron chi connectivity index (χ2n) is 7.26. The van der Waals surface area contributed by atoms with Crippen LogP contribution in [-0.2, 0) is 7.05 Å². The topological polar surface area (TPSA) is 75.9 Å². The van der Waals surface area contributed by atoms with Crippen LogP contribution in [0.2, 0.25) is 0 Å². The summed E-state index contributed by atoms with van der Waals surface area (Å²) in [6.07, 6.45) is 6.00. The summed E-state index contributed by atoms with van der Waals surface area (Å²) in [6, 6.07) is 10.0. The number of nitrogens with one attached hydrogen (secondary N) is 1. The van der Waals surface area contributed by atoms with Crippen LogP contribution in [0.1, 0.15) is 24.5 Å². The Morgan fingerprint density at radius 1 is 1.11 bits per heavy atom. The van der Waals surface area contributed by atoms with Gasteiger partial charge >= 0.3 is 0 Å². The number of pyridine rings is 2. The highest BCUT2D eigenvalue weighted by Crippen LogP contribution is 2.31. The van der Waals surface area contributed by atoms with Gasteiger partial charge in [0.2, 0.25) is 0 Å². The Labute approximate surface area is 156 Å². The van der Waals surface area contributed by atoms with Crippen molar-refractivity contribution in [1.82, 2.24) is 25.1 Å². The fraction of sp³-hybridized carbons (Fsp3) is 0.286. The molecule has 6 heteroatoms. The molecule has 2 N–H and O–H groups in total. The Bertz CT molecular complexity index is 1140. The van der Waals surface area contributed by atoms with Crippen LogP contribution in [0.25, 0.3) is 33.1 Å². The summed E-state index contributed by atoms with van der Waals surface area (Å²) in [5.41, 5.74) is 4.38. The first-order valence-corrected chi connectivity index (χ1v) is 9.31. The predicted octanol–water partition coefficient (Wildman–Crippen LogP) is 3.36. The molecular formula is C21H21N5O. The first-order valence-electron chi connectivity index (χ1n) is 9.31. The van der Waals surface area contributed by atoms with Crippen molar-refractivity contribution in [3.63, 3.8) is 0 Å². The number of nitrogens with zero attached hydrogens (tertiary/aromatic N) is 4. The molecule has 136 valence electrons. The van der Waals surface area contributed by atoms with Crippen molar-refractivity contribution in [2.45, 2.75) is 18.8 Å². The van der Waals surface area contributed by atoms with E-state index in [-0.39, 0.29) is 5.75 Å². The lowest BCUT2D eigenvalue weighted by Crippen LogP contribution is -2.27. The zero-order valence-electron chi connectivity index (χ0n) is 15.2. The number of aryl methyl sites for hydroxylation is 1. The van der Waals surface area contributed by atoms with Crippen molar-refractivity contribution in [2.75, 3.05) is 13.1 Å². The van der Waals surface area contributed by atoms with Crippen molar-refractivity contribution in [3.05, 3.63) is 48.4 Å². The van der Waals surface area contributed by atoms with Crippen molar-refractivity contribution in [2.24, 2.45) is 7.05 Å². The molecule has 1 aliphatic heterocycles. The summed E-state index contributed by atoms with van der Waals surface area (Å²) in [5, 5.41) is 19.9. The summed E-state index contributed by atoms with van der Waals surface area (Å²) >= 11 is 0.